The maximum atomic E-state index is 12.6. The van der Waals surface area contributed by atoms with Gasteiger partial charge in [-0.15, -0.1) is 13.2 Å². The molecule has 0 fully saturated rings. The van der Waals surface area contributed by atoms with Crippen LogP contribution in [0.2, 0.25) is 0 Å². The second-order valence-electron chi connectivity index (χ2n) is 5.89. The zero-order valence-electron chi connectivity index (χ0n) is 16.5. The van der Waals surface area contributed by atoms with Gasteiger partial charge >= 0.3 is 6.36 Å². The Bertz CT molecular complexity index is 826. The molecule has 0 saturated carbocycles. The van der Waals surface area contributed by atoms with Crippen molar-refractivity contribution in [1.82, 2.24) is 10.6 Å². The van der Waals surface area contributed by atoms with Gasteiger partial charge in [-0.1, -0.05) is 24.3 Å². The Kier molecular flexibility index (Phi) is 7.99. The van der Waals surface area contributed by atoms with Crippen LogP contribution in [-0.4, -0.2) is 33.1 Å². The molecule has 9 heteroatoms. The van der Waals surface area contributed by atoms with E-state index in [-0.39, 0.29) is 12.3 Å². The Labute approximate surface area is 167 Å². The van der Waals surface area contributed by atoms with Gasteiger partial charge in [-0.2, -0.15) is 0 Å². The molecule has 2 aromatic carbocycles. The molecule has 0 spiro atoms. The number of benzene rings is 2. The van der Waals surface area contributed by atoms with Gasteiger partial charge in [0.2, 0.25) is 0 Å². The van der Waals surface area contributed by atoms with Crippen molar-refractivity contribution in [3.63, 3.8) is 0 Å². The van der Waals surface area contributed by atoms with E-state index in [2.05, 4.69) is 20.4 Å². The molecule has 0 radical (unpaired) electrons. The van der Waals surface area contributed by atoms with E-state index in [0.29, 0.717) is 36.1 Å². The van der Waals surface area contributed by atoms with Crippen LogP contribution in [0.3, 0.4) is 0 Å². The monoisotopic (exact) mass is 411 g/mol. The summed E-state index contributed by atoms with van der Waals surface area (Å²) >= 11 is 0. The fourth-order valence-corrected chi connectivity index (χ4v) is 2.54. The van der Waals surface area contributed by atoms with Gasteiger partial charge in [0.1, 0.15) is 5.75 Å². The molecule has 29 heavy (non-hydrogen) atoms. The van der Waals surface area contributed by atoms with Gasteiger partial charge in [0.15, 0.2) is 17.5 Å². The largest absolute Gasteiger partial charge is 0.573 e. The minimum absolute atomic E-state index is 0.115. The molecule has 0 unspecified atom stereocenters. The molecule has 2 N–H and O–H groups in total. The van der Waals surface area contributed by atoms with Crippen molar-refractivity contribution in [2.45, 2.75) is 26.4 Å². The highest BCUT2D eigenvalue weighted by Gasteiger charge is 2.31. The summed E-state index contributed by atoms with van der Waals surface area (Å²) < 4.78 is 52.3. The van der Waals surface area contributed by atoms with E-state index in [0.717, 1.165) is 5.56 Å². The van der Waals surface area contributed by atoms with Crippen molar-refractivity contribution in [3.05, 3.63) is 53.6 Å². The third kappa shape index (κ3) is 7.10. The van der Waals surface area contributed by atoms with E-state index in [1.165, 1.54) is 12.1 Å². The third-order valence-corrected chi connectivity index (χ3v) is 3.86. The molecule has 0 bridgehead atoms. The summed E-state index contributed by atoms with van der Waals surface area (Å²) in [6.07, 6.45) is -4.75. The topological polar surface area (TPSA) is 64.1 Å². The summed E-state index contributed by atoms with van der Waals surface area (Å²) in [6, 6.07) is 11.4. The van der Waals surface area contributed by atoms with E-state index in [1.54, 1.807) is 32.4 Å². The van der Waals surface area contributed by atoms with E-state index >= 15 is 0 Å². The molecule has 2 rings (SSSR count). The Hall–Kier alpha value is -3.10. The van der Waals surface area contributed by atoms with Crippen LogP contribution in [0.15, 0.2) is 47.5 Å². The van der Waals surface area contributed by atoms with Gasteiger partial charge in [-0.3, -0.25) is 0 Å². The maximum Gasteiger partial charge on any atom is 0.573 e. The number of nitrogens with zero attached hydrogens (tertiary/aromatic N) is 1. The second-order valence-corrected chi connectivity index (χ2v) is 5.89. The molecule has 6 nitrogen and oxygen atoms in total. The van der Waals surface area contributed by atoms with Crippen molar-refractivity contribution in [2.24, 2.45) is 4.99 Å². The van der Waals surface area contributed by atoms with Crippen LogP contribution >= 0.6 is 0 Å². The van der Waals surface area contributed by atoms with Crippen LogP contribution in [0.5, 0.6) is 17.2 Å². The first-order chi connectivity index (χ1) is 13.9. The minimum atomic E-state index is -4.75. The number of hydrogen-bond donors (Lipinski definition) is 2. The number of rotatable bonds is 8. The molecule has 0 saturated heterocycles. The summed E-state index contributed by atoms with van der Waals surface area (Å²) in [5.74, 6) is 1.43. The van der Waals surface area contributed by atoms with Crippen molar-refractivity contribution in [1.29, 1.82) is 0 Å². The first kappa shape index (κ1) is 22.2. The summed E-state index contributed by atoms with van der Waals surface area (Å²) in [7, 11) is 3.11. The highest BCUT2D eigenvalue weighted by molar-refractivity contribution is 5.79. The van der Waals surface area contributed by atoms with Gasteiger partial charge in [0.05, 0.1) is 20.8 Å². The molecule has 0 aliphatic heterocycles. The van der Waals surface area contributed by atoms with E-state index in [9.17, 15) is 13.2 Å². The first-order valence-corrected chi connectivity index (χ1v) is 8.93. The Balaban J connectivity index is 2.09. The SMILES string of the molecule is CCNC(=NCc1ccc(OC)c(OC)c1)NCc1ccccc1OC(F)(F)F. The molecule has 2 aromatic rings. The molecule has 0 aromatic heterocycles. The van der Waals surface area contributed by atoms with E-state index in [4.69, 9.17) is 9.47 Å². The van der Waals surface area contributed by atoms with Gasteiger partial charge in [-0.05, 0) is 30.7 Å². The number of hydrogen-bond acceptors (Lipinski definition) is 4. The van der Waals surface area contributed by atoms with E-state index in [1.807, 2.05) is 19.1 Å². The fraction of sp³-hybridized carbons (Fsp3) is 0.350. The maximum absolute atomic E-state index is 12.6. The zero-order chi connectivity index (χ0) is 21.3. The normalized spacial score (nSPS) is 11.7. The van der Waals surface area contributed by atoms with Crippen LogP contribution in [0.25, 0.3) is 0 Å². The summed E-state index contributed by atoms with van der Waals surface area (Å²) in [5.41, 5.74) is 1.25. The Morgan fingerprint density at radius 3 is 2.34 bits per heavy atom. The Morgan fingerprint density at radius 1 is 0.966 bits per heavy atom. The summed E-state index contributed by atoms with van der Waals surface area (Å²) in [5, 5.41) is 6.08. The first-order valence-electron chi connectivity index (χ1n) is 8.93. The number of aliphatic imine (C=N–C) groups is 1. The van der Waals surface area contributed by atoms with Crippen LogP contribution in [0.4, 0.5) is 13.2 Å². The number of halogens is 3. The lowest BCUT2D eigenvalue weighted by Crippen LogP contribution is -2.37. The number of methoxy groups -OCH3 is 2. The predicted octanol–water partition coefficient (Wildman–Crippen LogP) is 3.86. The highest BCUT2D eigenvalue weighted by Crippen LogP contribution is 2.28. The van der Waals surface area contributed by atoms with Crippen LogP contribution < -0.4 is 24.8 Å². The number of alkyl halides is 3. The molecule has 0 aliphatic carbocycles. The van der Waals surface area contributed by atoms with Crippen molar-refractivity contribution in [2.75, 3.05) is 20.8 Å². The molecular weight excluding hydrogens is 387 g/mol. The average Bonchev–Trinajstić information content (AvgIpc) is 2.69. The van der Waals surface area contributed by atoms with Crippen molar-refractivity contribution >= 4 is 5.96 Å². The number of ether oxygens (including phenoxy) is 3. The highest BCUT2D eigenvalue weighted by atomic mass is 19.4. The lowest BCUT2D eigenvalue weighted by Gasteiger charge is -2.15. The smallest absolute Gasteiger partial charge is 0.493 e. The predicted molar refractivity (Wildman–Crippen MR) is 104 cm³/mol. The molecule has 0 amide bonds. The van der Waals surface area contributed by atoms with E-state index < -0.39 is 6.36 Å². The van der Waals surface area contributed by atoms with Gasteiger partial charge in [-0.25, -0.2) is 4.99 Å². The second kappa shape index (κ2) is 10.4. The molecule has 158 valence electrons. The quantitative estimate of drug-likeness (QED) is 0.510. The minimum Gasteiger partial charge on any atom is -0.493 e. The number of para-hydroxylation sites is 1. The summed E-state index contributed by atoms with van der Waals surface area (Å²) in [6.45, 7) is 2.95. The van der Waals surface area contributed by atoms with Crippen molar-refractivity contribution in [3.8, 4) is 17.2 Å². The fourth-order valence-electron chi connectivity index (χ4n) is 2.54. The molecule has 0 atom stereocenters. The van der Waals surface area contributed by atoms with Crippen LogP contribution in [0, 0.1) is 0 Å². The van der Waals surface area contributed by atoms with Crippen LogP contribution in [0.1, 0.15) is 18.1 Å². The molecular formula is C20H24F3N3O3. The van der Waals surface area contributed by atoms with Crippen LogP contribution in [-0.2, 0) is 13.1 Å². The van der Waals surface area contributed by atoms with Gasteiger partial charge < -0.3 is 24.8 Å². The third-order valence-electron chi connectivity index (χ3n) is 3.86. The van der Waals surface area contributed by atoms with Gasteiger partial charge in [0, 0.05) is 18.7 Å². The van der Waals surface area contributed by atoms with Gasteiger partial charge in [0.25, 0.3) is 0 Å². The molecule has 0 heterocycles. The standard InChI is InChI=1S/C20H24F3N3O3/c1-4-24-19(25-12-14-9-10-17(27-2)18(11-14)28-3)26-13-15-7-5-6-8-16(15)29-20(21,22)23/h5-11H,4,12-13H2,1-3H3,(H2,24,25,26). The lowest BCUT2D eigenvalue weighted by molar-refractivity contribution is -0.274. The number of nitrogens with one attached hydrogen (secondary N) is 2. The van der Waals surface area contributed by atoms with Crippen molar-refractivity contribution < 1.29 is 27.4 Å². The lowest BCUT2D eigenvalue weighted by atomic mass is 10.2. The number of guanidine groups is 1. The molecule has 0 aliphatic rings. The average molecular weight is 411 g/mol. The summed E-state index contributed by atoms with van der Waals surface area (Å²) in [4.78, 5) is 4.47. The Morgan fingerprint density at radius 2 is 1.69 bits per heavy atom. The zero-order valence-corrected chi connectivity index (χ0v) is 16.5.